The van der Waals surface area contributed by atoms with Crippen LogP contribution in [0.15, 0.2) is 47.3 Å². The minimum absolute atomic E-state index is 0.0718. The molecular formula is C17H15BrClN7O2. The van der Waals surface area contributed by atoms with E-state index in [0.717, 1.165) is 5.01 Å². The van der Waals surface area contributed by atoms with Crippen LogP contribution < -0.4 is 21.9 Å². The zero-order valence-electron chi connectivity index (χ0n) is 14.3. The number of hydrogen-bond donors (Lipinski definition) is 3. The molecule has 11 heteroatoms. The van der Waals surface area contributed by atoms with Crippen LogP contribution in [0.25, 0.3) is 5.95 Å². The fourth-order valence-electron chi connectivity index (χ4n) is 2.59. The Hall–Kier alpha value is -2.79. The Morgan fingerprint density at radius 1 is 1.32 bits per heavy atom. The molecule has 0 saturated heterocycles. The minimum atomic E-state index is -0.476. The highest BCUT2D eigenvalue weighted by Gasteiger charge is 2.21. The second-order valence-electron chi connectivity index (χ2n) is 5.56. The van der Waals surface area contributed by atoms with Crippen LogP contribution in [0.4, 0.5) is 11.4 Å². The maximum Gasteiger partial charge on any atom is 0.272 e. The molecule has 1 aromatic carbocycles. The van der Waals surface area contributed by atoms with E-state index in [-0.39, 0.29) is 23.6 Å². The van der Waals surface area contributed by atoms with Crippen molar-refractivity contribution in [2.75, 3.05) is 10.3 Å². The van der Waals surface area contributed by atoms with Crippen molar-refractivity contribution < 1.29 is 9.59 Å². The number of carbonyl (C=O) groups excluding carboxylic acids is 2. The molecule has 3 aromatic rings. The molecule has 0 atom stereocenters. The second kappa shape index (κ2) is 8.48. The molecule has 2 amide bonds. The van der Waals surface area contributed by atoms with E-state index >= 15 is 0 Å². The van der Waals surface area contributed by atoms with Gasteiger partial charge in [0.25, 0.3) is 5.91 Å². The number of hydrazine groups is 1. The predicted octanol–water partition coefficient (Wildman–Crippen LogP) is 2.23. The third kappa shape index (κ3) is 3.90. The number of halogens is 2. The molecule has 0 radical (unpaired) electrons. The standard InChI is InChI=1S/C17H15BrClN7O2/c18-14-3-2-12(26(14)17-22-4-1-5-23-17)16(28)24-15-10(8-20)6-11(19)7-13(15)25(21)9-27/h1-7,9H,8,20-21H2,(H,24,28). The van der Waals surface area contributed by atoms with Crippen LogP contribution in [0, 0.1) is 0 Å². The van der Waals surface area contributed by atoms with Gasteiger partial charge in [-0.15, -0.1) is 0 Å². The second-order valence-corrected chi connectivity index (χ2v) is 6.80. The average molecular weight is 465 g/mol. The Bertz CT molecular complexity index is 1030. The largest absolute Gasteiger partial charge is 0.326 e. The Labute approximate surface area is 173 Å². The van der Waals surface area contributed by atoms with Gasteiger partial charge in [0, 0.05) is 24.0 Å². The molecule has 0 saturated carbocycles. The normalized spacial score (nSPS) is 10.6. The van der Waals surface area contributed by atoms with Gasteiger partial charge in [-0.1, -0.05) is 11.6 Å². The van der Waals surface area contributed by atoms with Crippen molar-refractivity contribution in [3.05, 3.63) is 63.6 Å². The molecule has 0 fully saturated rings. The quantitative estimate of drug-likeness (QED) is 0.222. The third-order valence-corrected chi connectivity index (χ3v) is 4.67. The fraction of sp³-hybridized carbons (Fsp3) is 0.0588. The number of aromatic nitrogens is 3. The lowest BCUT2D eigenvalue weighted by molar-refractivity contribution is -0.107. The number of carbonyl (C=O) groups is 2. The Morgan fingerprint density at radius 2 is 2.04 bits per heavy atom. The van der Waals surface area contributed by atoms with Gasteiger partial charge in [0.2, 0.25) is 12.4 Å². The molecule has 0 aliphatic heterocycles. The van der Waals surface area contributed by atoms with Crippen LogP contribution in [0.2, 0.25) is 5.02 Å². The van der Waals surface area contributed by atoms with Crippen LogP contribution in [-0.4, -0.2) is 26.9 Å². The molecule has 0 aliphatic carbocycles. The molecule has 3 rings (SSSR count). The van der Waals surface area contributed by atoms with Crippen molar-refractivity contribution in [2.24, 2.45) is 11.6 Å². The summed E-state index contributed by atoms with van der Waals surface area (Å²) in [5.41, 5.74) is 7.05. The number of nitrogens with two attached hydrogens (primary N) is 2. The fourth-order valence-corrected chi connectivity index (χ4v) is 3.31. The molecule has 0 bridgehead atoms. The predicted molar refractivity (Wildman–Crippen MR) is 109 cm³/mol. The first-order valence-corrected chi connectivity index (χ1v) is 9.11. The molecule has 5 N–H and O–H groups in total. The monoisotopic (exact) mass is 463 g/mol. The van der Waals surface area contributed by atoms with E-state index in [2.05, 4.69) is 31.2 Å². The molecule has 0 spiro atoms. The lowest BCUT2D eigenvalue weighted by Crippen LogP contribution is -2.31. The molecule has 144 valence electrons. The minimum Gasteiger partial charge on any atom is -0.326 e. The van der Waals surface area contributed by atoms with E-state index in [1.54, 1.807) is 36.7 Å². The van der Waals surface area contributed by atoms with Gasteiger partial charge in [0.15, 0.2) is 0 Å². The summed E-state index contributed by atoms with van der Waals surface area (Å²) in [5, 5.41) is 3.90. The smallest absolute Gasteiger partial charge is 0.272 e. The van der Waals surface area contributed by atoms with Gasteiger partial charge in [-0.2, -0.15) is 0 Å². The highest BCUT2D eigenvalue weighted by Crippen LogP contribution is 2.32. The van der Waals surface area contributed by atoms with E-state index in [1.807, 2.05) is 0 Å². The van der Waals surface area contributed by atoms with E-state index < -0.39 is 5.91 Å². The summed E-state index contributed by atoms with van der Waals surface area (Å²) in [6.45, 7) is 0.0718. The highest BCUT2D eigenvalue weighted by molar-refractivity contribution is 9.10. The number of hydrogen-bond acceptors (Lipinski definition) is 6. The van der Waals surface area contributed by atoms with E-state index in [0.29, 0.717) is 27.5 Å². The Balaban J connectivity index is 2.05. The molecule has 9 nitrogen and oxygen atoms in total. The van der Waals surface area contributed by atoms with Crippen LogP contribution >= 0.6 is 27.5 Å². The summed E-state index contributed by atoms with van der Waals surface area (Å²) in [6, 6.07) is 8.02. The van der Waals surface area contributed by atoms with Crippen molar-refractivity contribution in [1.29, 1.82) is 0 Å². The zero-order chi connectivity index (χ0) is 20.3. The maximum absolute atomic E-state index is 13.0. The van der Waals surface area contributed by atoms with Gasteiger partial charge >= 0.3 is 0 Å². The summed E-state index contributed by atoms with van der Waals surface area (Å²) in [5.74, 6) is 5.55. The first-order valence-electron chi connectivity index (χ1n) is 7.94. The zero-order valence-corrected chi connectivity index (χ0v) is 16.7. The maximum atomic E-state index is 13.0. The molecule has 0 unspecified atom stereocenters. The van der Waals surface area contributed by atoms with Crippen molar-refractivity contribution in [3.8, 4) is 5.95 Å². The first-order chi connectivity index (χ1) is 13.5. The van der Waals surface area contributed by atoms with Crippen molar-refractivity contribution in [1.82, 2.24) is 14.5 Å². The lowest BCUT2D eigenvalue weighted by atomic mass is 10.1. The molecule has 0 aliphatic rings. The highest BCUT2D eigenvalue weighted by atomic mass is 79.9. The Kier molecular flexibility index (Phi) is 6.05. The van der Waals surface area contributed by atoms with Crippen molar-refractivity contribution in [2.45, 2.75) is 6.54 Å². The summed E-state index contributed by atoms with van der Waals surface area (Å²) >= 11 is 9.46. The van der Waals surface area contributed by atoms with Gasteiger partial charge < -0.3 is 11.1 Å². The topological polar surface area (TPSA) is 132 Å². The summed E-state index contributed by atoms with van der Waals surface area (Å²) in [4.78, 5) is 32.5. The lowest BCUT2D eigenvalue weighted by Gasteiger charge is -2.20. The van der Waals surface area contributed by atoms with Gasteiger partial charge in [0.1, 0.15) is 5.69 Å². The van der Waals surface area contributed by atoms with E-state index in [9.17, 15) is 9.59 Å². The summed E-state index contributed by atoms with van der Waals surface area (Å²) < 4.78 is 2.13. The number of rotatable bonds is 6. The first kappa shape index (κ1) is 20.0. The van der Waals surface area contributed by atoms with Crippen molar-refractivity contribution >= 4 is 51.2 Å². The number of anilines is 2. The van der Waals surface area contributed by atoms with Crippen LogP contribution in [0.1, 0.15) is 16.1 Å². The summed E-state index contributed by atoms with van der Waals surface area (Å²) in [7, 11) is 0. The molecule has 28 heavy (non-hydrogen) atoms. The number of amides is 2. The van der Waals surface area contributed by atoms with E-state index in [4.69, 9.17) is 23.2 Å². The number of nitrogens with one attached hydrogen (secondary N) is 1. The van der Waals surface area contributed by atoms with E-state index in [1.165, 1.54) is 10.6 Å². The van der Waals surface area contributed by atoms with Gasteiger partial charge in [-0.05, 0) is 51.8 Å². The molecular weight excluding hydrogens is 450 g/mol. The van der Waals surface area contributed by atoms with Crippen LogP contribution in [0.5, 0.6) is 0 Å². The van der Waals surface area contributed by atoms with Gasteiger partial charge in [0.05, 0.1) is 16.0 Å². The number of nitrogens with zero attached hydrogens (tertiary/aromatic N) is 4. The molecule has 2 aromatic heterocycles. The third-order valence-electron chi connectivity index (χ3n) is 3.83. The van der Waals surface area contributed by atoms with Gasteiger partial charge in [-0.25, -0.2) is 20.8 Å². The van der Waals surface area contributed by atoms with Crippen LogP contribution in [-0.2, 0) is 11.3 Å². The molecule has 2 heterocycles. The average Bonchev–Trinajstić information content (AvgIpc) is 3.10. The summed E-state index contributed by atoms with van der Waals surface area (Å²) in [6.07, 6.45) is 3.53. The Morgan fingerprint density at radius 3 is 2.68 bits per heavy atom. The SMILES string of the molecule is NCc1cc(Cl)cc(N(N)C=O)c1NC(=O)c1ccc(Br)n1-c1ncccn1. The van der Waals surface area contributed by atoms with Crippen LogP contribution in [0.3, 0.4) is 0 Å². The number of benzene rings is 1. The van der Waals surface area contributed by atoms with Gasteiger partial charge in [-0.3, -0.25) is 14.2 Å². The van der Waals surface area contributed by atoms with Crippen molar-refractivity contribution in [3.63, 3.8) is 0 Å².